The van der Waals surface area contributed by atoms with E-state index in [1.807, 2.05) is 12.1 Å². The van der Waals surface area contributed by atoms with Crippen LogP contribution in [0.2, 0.25) is 0 Å². The molecule has 0 unspecified atom stereocenters. The number of carbonyl (C=O) groups is 1. The molecule has 2 fully saturated rings. The van der Waals surface area contributed by atoms with E-state index in [9.17, 15) is 20.0 Å². The Hall–Kier alpha value is -2.11. The number of likely N-dealkylation sites (tertiary alicyclic amines) is 1. The van der Waals surface area contributed by atoms with Crippen LogP contribution < -0.4 is 0 Å². The Morgan fingerprint density at radius 3 is 2.38 bits per heavy atom. The van der Waals surface area contributed by atoms with E-state index in [1.54, 1.807) is 17.0 Å². The van der Waals surface area contributed by atoms with Crippen molar-refractivity contribution < 1.29 is 14.8 Å². The molecule has 1 aliphatic carbocycles. The molecule has 21 heavy (non-hydrogen) atoms. The van der Waals surface area contributed by atoms with Crippen LogP contribution in [-0.2, 0) is 4.79 Å². The summed E-state index contributed by atoms with van der Waals surface area (Å²) in [7, 11) is 0. The molecule has 0 spiro atoms. The van der Waals surface area contributed by atoms with E-state index in [2.05, 4.69) is 0 Å². The maximum absolute atomic E-state index is 12.2. The normalized spacial score (nSPS) is 25.6. The summed E-state index contributed by atoms with van der Waals surface area (Å²) >= 11 is 0. The Kier molecular flexibility index (Phi) is 3.53. The van der Waals surface area contributed by atoms with Gasteiger partial charge in [0.15, 0.2) is 0 Å². The number of phenols is 1. The maximum atomic E-state index is 12.2. The third kappa shape index (κ3) is 2.84. The quantitative estimate of drug-likeness (QED) is 0.679. The summed E-state index contributed by atoms with van der Waals surface area (Å²) < 4.78 is 0. The average molecular weight is 290 g/mol. The zero-order chi connectivity index (χ0) is 15.0. The van der Waals surface area contributed by atoms with Gasteiger partial charge >= 0.3 is 0 Å². The van der Waals surface area contributed by atoms with Crippen LogP contribution in [0.15, 0.2) is 24.3 Å². The van der Waals surface area contributed by atoms with Crippen LogP contribution in [0.25, 0.3) is 0 Å². The van der Waals surface area contributed by atoms with Crippen molar-refractivity contribution in [3.8, 4) is 5.75 Å². The van der Waals surface area contributed by atoms with Crippen molar-refractivity contribution in [2.45, 2.75) is 31.2 Å². The minimum absolute atomic E-state index is 0.0548. The topological polar surface area (TPSA) is 83.7 Å². The molecule has 1 N–H and O–H groups in total. The van der Waals surface area contributed by atoms with Crippen LogP contribution in [-0.4, -0.2) is 40.0 Å². The lowest BCUT2D eigenvalue weighted by atomic mass is 9.89. The van der Waals surface area contributed by atoms with Gasteiger partial charge in [-0.1, -0.05) is 12.1 Å². The minimum Gasteiger partial charge on any atom is -0.508 e. The molecular weight excluding hydrogens is 272 g/mol. The smallest absolute Gasteiger partial charge is 0.232 e. The molecule has 2 atom stereocenters. The Bertz CT molecular complexity index is 549. The third-order valence-electron chi connectivity index (χ3n) is 4.52. The molecule has 1 heterocycles. The summed E-state index contributed by atoms with van der Waals surface area (Å²) in [5.41, 5.74) is 1.18. The van der Waals surface area contributed by atoms with Crippen molar-refractivity contribution in [2.24, 2.45) is 5.92 Å². The standard InChI is InChI=1S/C15H18N2O4/c18-12-3-1-10(2-4-12)11-5-7-16(8-6-11)15(19)13-9-14(13)17(20)21/h1-4,11,13-14,18H,5-9H2/t13-,14+/m1/s1. The SMILES string of the molecule is O=C([C@@H]1C[C@@H]1[N+](=O)[O-])N1CCC(c2ccc(O)cc2)CC1. The van der Waals surface area contributed by atoms with Crippen molar-refractivity contribution in [2.75, 3.05) is 13.1 Å². The number of nitrogens with zero attached hydrogens (tertiary/aromatic N) is 2. The summed E-state index contributed by atoms with van der Waals surface area (Å²) in [5.74, 6) is 0.192. The van der Waals surface area contributed by atoms with E-state index in [0.29, 0.717) is 25.4 Å². The molecule has 3 rings (SSSR count). The molecule has 112 valence electrons. The van der Waals surface area contributed by atoms with Crippen LogP contribution in [0, 0.1) is 16.0 Å². The number of amides is 1. The summed E-state index contributed by atoms with van der Waals surface area (Å²) in [5, 5.41) is 19.9. The lowest BCUT2D eigenvalue weighted by molar-refractivity contribution is -0.497. The van der Waals surface area contributed by atoms with Crippen molar-refractivity contribution in [1.29, 1.82) is 0 Å². The van der Waals surface area contributed by atoms with E-state index in [0.717, 1.165) is 12.8 Å². The molecule has 2 aliphatic rings. The third-order valence-corrected chi connectivity index (χ3v) is 4.52. The Morgan fingerprint density at radius 1 is 1.24 bits per heavy atom. The summed E-state index contributed by atoms with van der Waals surface area (Å²) in [6.45, 7) is 1.32. The number of rotatable bonds is 3. The molecular formula is C15H18N2O4. The second kappa shape index (κ2) is 5.35. The Morgan fingerprint density at radius 2 is 1.86 bits per heavy atom. The fourth-order valence-corrected chi connectivity index (χ4v) is 3.09. The number of hydrogen-bond donors (Lipinski definition) is 1. The van der Waals surface area contributed by atoms with E-state index < -0.39 is 12.0 Å². The van der Waals surface area contributed by atoms with Gasteiger partial charge in [-0.25, -0.2) is 0 Å². The lowest BCUT2D eigenvalue weighted by Crippen LogP contribution is -2.39. The van der Waals surface area contributed by atoms with Crippen LogP contribution in [0.3, 0.4) is 0 Å². The number of hydrogen-bond acceptors (Lipinski definition) is 4. The predicted octanol–water partition coefficient (Wildman–Crippen LogP) is 1.76. The molecule has 0 aromatic heterocycles. The molecule has 0 radical (unpaired) electrons. The number of piperidine rings is 1. The first-order valence-corrected chi connectivity index (χ1v) is 7.27. The molecule has 1 amide bonds. The Labute approximate surface area is 122 Å². The number of nitro groups is 1. The summed E-state index contributed by atoms with van der Waals surface area (Å²) in [6.07, 6.45) is 2.13. The number of phenolic OH excluding ortho intramolecular Hbond substituents is 1. The van der Waals surface area contributed by atoms with Gasteiger partial charge in [-0.15, -0.1) is 0 Å². The van der Waals surface area contributed by atoms with Gasteiger partial charge in [-0.2, -0.15) is 0 Å². The molecule has 1 aromatic rings. The van der Waals surface area contributed by atoms with Crippen LogP contribution in [0.4, 0.5) is 0 Å². The largest absolute Gasteiger partial charge is 0.508 e. The predicted molar refractivity (Wildman–Crippen MR) is 75.6 cm³/mol. The van der Waals surface area contributed by atoms with E-state index in [1.165, 1.54) is 5.56 Å². The van der Waals surface area contributed by atoms with Crippen molar-refractivity contribution in [3.63, 3.8) is 0 Å². The minimum atomic E-state index is -0.660. The number of carbonyl (C=O) groups excluding carboxylic acids is 1. The monoisotopic (exact) mass is 290 g/mol. The van der Waals surface area contributed by atoms with E-state index in [4.69, 9.17) is 0 Å². The molecule has 1 aliphatic heterocycles. The van der Waals surface area contributed by atoms with E-state index in [-0.39, 0.29) is 16.6 Å². The summed E-state index contributed by atoms with van der Waals surface area (Å²) in [4.78, 5) is 24.2. The zero-order valence-electron chi connectivity index (χ0n) is 11.6. The van der Waals surface area contributed by atoms with Gasteiger partial charge in [-0.05, 0) is 36.5 Å². The van der Waals surface area contributed by atoms with Crippen molar-refractivity contribution >= 4 is 5.91 Å². The second-order valence-electron chi connectivity index (χ2n) is 5.89. The fraction of sp³-hybridized carbons (Fsp3) is 0.533. The van der Waals surface area contributed by atoms with E-state index >= 15 is 0 Å². The summed E-state index contributed by atoms with van der Waals surface area (Å²) in [6, 6.07) is 6.53. The van der Waals surface area contributed by atoms with Gasteiger partial charge < -0.3 is 10.0 Å². The highest BCUT2D eigenvalue weighted by molar-refractivity contribution is 5.82. The van der Waals surface area contributed by atoms with Crippen LogP contribution in [0.1, 0.15) is 30.7 Å². The van der Waals surface area contributed by atoms with Gasteiger partial charge in [0.1, 0.15) is 11.7 Å². The fourth-order valence-electron chi connectivity index (χ4n) is 3.09. The molecule has 1 saturated carbocycles. The van der Waals surface area contributed by atoms with Crippen LogP contribution >= 0.6 is 0 Å². The van der Waals surface area contributed by atoms with Gasteiger partial charge in [0.05, 0.1) is 0 Å². The highest BCUT2D eigenvalue weighted by Gasteiger charge is 2.54. The highest BCUT2D eigenvalue weighted by atomic mass is 16.6. The molecule has 1 aromatic carbocycles. The average Bonchev–Trinajstić information content (AvgIpc) is 3.28. The number of benzene rings is 1. The van der Waals surface area contributed by atoms with Gasteiger partial charge in [0.25, 0.3) is 0 Å². The van der Waals surface area contributed by atoms with Gasteiger partial charge in [0, 0.05) is 24.4 Å². The second-order valence-corrected chi connectivity index (χ2v) is 5.89. The van der Waals surface area contributed by atoms with Crippen molar-refractivity contribution in [3.05, 3.63) is 39.9 Å². The van der Waals surface area contributed by atoms with Crippen molar-refractivity contribution in [1.82, 2.24) is 4.90 Å². The first-order chi connectivity index (χ1) is 10.1. The zero-order valence-corrected chi connectivity index (χ0v) is 11.6. The lowest BCUT2D eigenvalue weighted by Gasteiger charge is -2.32. The van der Waals surface area contributed by atoms with Gasteiger partial charge in [-0.3, -0.25) is 14.9 Å². The first kappa shape index (κ1) is 13.9. The number of aromatic hydroxyl groups is 1. The van der Waals surface area contributed by atoms with Crippen LogP contribution in [0.5, 0.6) is 5.75 Å². The molecule has 0 bridgehead atoms. The highest BCUT2D eigenvalue weighted by Crippen LogP contribution is 2.37. The molecule has 1 saturated heterocycles. The Balaban J connectivity index is 1.54. The molecule has 6 heteroatoms. The maximum Gasteiger partial charge on any atom is 0.232 e. The first-order valence-electron chi connectivity index (χ1n) is 7.27. The molecule has 6 nitrogen and oxygen atoms in total. The van der Waals surface area contributed by atoms with Gasteiger partial charge in [0.2, 0.25) is 11.9 Å².